The molecule has 1 N–H and O–H groups in total. The van der Waals surface area contributed by atoms with Crippen LogP contribution in [0.3, 0.4) is 0 Å². The molecular weight excluding hydrogens is 432 g/mol. The number of benzene rings is 3. The zero-order valence-electron chi connectivity index (χ0n) is 20.9. The van der Waals surface area contributed by atoms with Crippen LogP contribution >= 0.6 is 0 Å². The molecule has 1 fully saturated rings. The van der Waals surface area contributed by atoms with E-state index in [-0.39, 0.29) is 11.9 Å². The first kappa shape index (κ1) is 23.6. The van der Waals surface area contributed by atoms with Crippen molar-refractivity contribution in [2.24, 2.45) is 0 Å². The average molecular weight is 469 g/mol. The lowest BCUT2D eigenvalue weighted by Crippen LogP contribution is -2.48. The van der Waals surface area contributed by atoms with Gasteiger partial charge in [-0.1, -0.05) is 66.7 Å². The van der Waals surface area contributed by atoms with Gasteiger partial charge in [0.05, 0.1) is 12.5 Å². The number of hydrogen-bond acceptors (Lipinski definition) is 4. The van der Waals surface area contributed by atoms with E-state index in [1.165, 1.54) is 27.9 Å². The maximum absolute atomic E-state index is 12.9. The van der Waals surface area contributed by atoms with Gasteiger partial charge in [-0.25, -0.2) is 0 Å². The van der Waals surface area contributed by atoms with Crippen LogP contribution in [-0.2, 0) is 17.6 Å². The summed E-state index contributed by atoms with van der Waals surface area (Å²) in [5.41, 5.74) is 7.49. The van der Waals surface area contributed by atoms with Gasteiger partial charge < -0.3 is 15.1 Å². The number of carbonyl (C=O) groups excluding carboxylic acids is 1. The van der Waals surface area contributed by atoms with Crippen molar-refractivity contribution in [3.63, 3.8) is 0 Å². The second-order valence-electron chi connectivity index (χ2n) is 9.96. The van der Waals surface area contributed by atoms with Crippen molar-refractivity contribution in [1.82, 2.24) is 15.1 Å². The van der Waals surface area contributed by atoms with Crippen LogP contribution in [0.2, 0.25) is 0 Å². The highest BCUT2D eigenvalue weighted by Crippen LogP contribution is 2.31. The van der Waals surface area contributed by atoms with E-state index in [4.69, 9.17) is 0 Å². The second-order valence-corrected chi connectivity index (χ2v) is 9.96. The lowest BCUT2D eigenvalue weighted by Gasteiger charge is -2.38. The molecule has 0 saturated carbocycles. The minimum atomic E-state index is 0.0810. The van der Waals surface area contributed by atoms with Crippen molar-refractivity contribution in [3.05, 3.63) is 89.5 Å². The molecule has 3 aromatic rings. The first-order chi connectivity index (χ1) is 17.1. The number of hydrogen-bond donors (Lipinski definition) is 1. The number of piperazine rings is 1. The Morgan fingerprint density at radius 1 is 0.857 bits per heavy atom. The third-order valence-corrected chi connectivity index (χ3v) is 7.51. The standard InChI is InChI=1S/C30H36N4O/c1-32-16-18-34(19-17-32)29(26-12-13-28-27(21-26)14-15-33(28)2)22-31-30(35)20-23-8-10-25(11-9-23)24-6-4-3-5-7-24/h3-13,21,29H,14-20,22H2,1-2H3,(H,31,35)/t29-/m1/s1. The first-order valence-corrected chi connectivity index (χ1v) is 12.7. The largest absolute Gasteiger partial charge is 0.374 e. The molecule has 0 unspecified atom stereocenters. The van der Waals surface area contributed by atoms with Crippen molar-refractivity contribution < 1.29 is 4.79 Å². The van der Waals surface area contributed by atoms with E-state index >= 15 is 0 Å². The van der Waals surface area contributed by atoms with E-state index in [0.717, 1.165) is 44.7 Å². The normalized spacial score (nSPS) is 17.3. The highest BCUT2D eigenvalue weighted by Gasteiger charge is 2.26. The molecule has 3 aromatic carbocycles. The number of fused-ring (bicyclic) bond motifs is 1. The van der Waals surface area contributed by atoms with E-state index in [0.29, 0.717) is 13.0 Å². The maximum atomic E-state index is 12.9. The van der Waals surface area contributed by atoms with Crippen LogP contribution in [0.1, 0.15) is 22.7 Å². The molecule has 0 bridgehead atoms. The molecule has 1 atom stereocenters. The molecule has 0 radical (unpaired) electrons. The van der Waals surface area contributed by atoms with Crippen LogP contribution < -0.4 is 10.2 Å². The number of carbonyl (C=O) groups is 1. The predicted molar refractivity (Wildman–Crippen MR) is 144 cm³/mol. The first-order valence-electron chi connectivity index (χ1n) is 12.7. The summed E-state index contributed by atoms with van der Waals surface area (Å²) in [5, 5.41) is 3.26. The molecule has 35 heavy (non-hydrogen) atoms. The fourth-order valence-electron chi connectivity index (χ4n) is 5.29. The second kappa shape index (κ2) is 10.6. The van der Waals surface area contributed by atoms with Gasteiger partial charge in [-0.15, -0.1) is 0 Å². The third-order valence-electron chi connectivity index (χ3n) is 7.51. The minimum absolute atomic E-state index is 0.0810. The fraction of sp³-hybridized carbons (Fsp3) is 0.367. The van der Waals surface area contributed by atoms with Crippen molar-refractivity contribution >= 4 is 11.6 Å². The van der Waals surface area contributed by atoms with E-state index < -0.39 is 0 Å². The Morgan fingerprint density at radius 3 is 2.31 bits per heavy atom. The summed E-state index contributed by atoms with van der Waals surface area (Å²) >= 11 is 0. The molecule has 1 amide bonds. The van der Waals surface area contributed by atoms with Gasteiger partial charge in [0.2, 0.25) is 5.91 Å². The van der Waals surface area contributed by atoms with Gasteiger partial charge in [-0.3, -0.25) is 9.69 Å². The van der Waals surface area contributed by atoms with E-state index in [2.05, 4.69) is 88.7 Å². The van der Waals surface area contributed by atoms with Gasteiger partial charge in [0.15, 0.2) is 0 Å². The van der Waals surface area contributed by atoms with E-state index in [9.17, 15) is 4.79 Å². The summed E-state index contributed by atoms with van der Waals surface area (Å²) in [4.78, 5) is 20.2. The molecule has 182 valence electrons. The molecule has 2 heterocycles. The molecule has 5 rings (SSSR count). The molecule has 1 saturated heterocycles. The number of nitrogens with zero attached hydrogens (tertiary/aromatic N) is 3. The number of rotatable bonds is 7. The van der Waals surface area contributed by atoms with Crippen LogP contribution in [0.5, 0.6) is 0 Å². The Bertz CT molecular complexity index is 1140. The summed E-state index contributed by atoms with van der Waals surface area (Å²) in [5.74, 6) is 0.0810. The minimum Gasteiger partial charge on any atom is -0.374 e. The molecule has 0 spiro atoms. The summed E-state index contributed by atoms with van der Waals surface area (Å²) in [7, 11) is 4.35. The molecular formula is C30H36N4O. The fourth-order valence-corrected chi connectivity index (χ4v) is 5.29. The quantitative estimate of drug-likeness (QED) is 0.569. The Balaban J connectivity index is 1.25. The highest BCUT2D eigenvalue weighted by molar-refractivity contribution is 5.79. The predicted octanol–water partition coefficient (Wildman–Crippen LogP) is 3.99. The van der Waals surface area contributed by atoms with Crippen LogP contribution in [0.4, 0.5) is 5.69 Å². The molecule has 0 aliphatic carbocycles. The van der Waals surface area contributed by atoms with Gasteiger partial charge >= 0.3 is 0 Å². The van der Waals surface area contributed by atoms with Gasteiger partial charge in [0.1, 0.15) is 0 Å². The molecule has 5 heteroatoms. The Hall–Kier alpha value is -3.15. The average Bonchev–Trinajstić information content (AvgIpc) is 3.26. The molecule has 0 aromatic heterocycles. The van der Waals surface area contributed by atoms with Crippen molar-refractivity contribution in [1.29, 1.82) is 0 Å². The SMILES string of the molecule is CN1CCN([C@H](CNC(=O)Cc2ccc(-c3ccccc3)cc2)c2ccc3c(c2)CCN3C)CC1. The molecule has 5 nitrogen and oxygen atoms in total. The smallest absolute Gasteiger partial charge is 0.224 e. The van der Waals surface area contributed by atoms with Crippen LogP contribution in [0, 0.1) is 0 Å². The van der Waals surface area contributed by atoms with Crippen LogP contribution in [0.25, 0.3) is 11.1 Å². The summed E-state index contributed by atoms with van der Waals surface area (Å²) in [6, 6.07) is 25.8. The summed E-state index contributed by atoms with van der Waals surface area (Å²) < 4.78 is 0. The number of likely N-dealkylation sites (N-methyl/N-ethyl adjacent to an activating group) is 2. The van der Waals surface area contributed by atoms with Gasteiger partial charge in [0, 0.05) is 52.0 Å². The van der Waals surface area contributed by atoms with E-state index in [1.807, 2.05) is 18.2 Å². The van der Waals surface area contributed by atoms with E-state index in [1.54, 1.807) is 0 Å². The monoisotopic (exact) mass is 468 g/mol. The zero-order chi connectivity index (χ0) is 24.2. The van der Waals surface area contributed by atoms with Gasteiger partial charge in [0.25, 0.3) is 0 Å². The lowest BCUT2D eigenvalue weighted by molar-refractivity contribution is -0.120. The topological polar surface area (TPSA) is 38.8 Å². The Labute approximate surface area is 209 Å². The third kappa shape index (κ3) is 5.58. The highest BCUT2D eigenvalue weighted by atomic mass is 16.1. The maximum Gasteiger partial charge on any atom is 0.224 e. The molecule has 2 aliphatic rings. The number of anilines is 1. The van der Waals surface area contributed by atoms with Gasteiger partial charge in [-0.05, 0) is 47.4 Å². The summed E-state index contributed by atoms with van der Waals surface area (Å²) in [6.45, 7) is 5.89. The van der Waals surface area contributed by atoms with Gasteiger partial charge in [-0.2, -0.15) is 0 Å². The molecule has 2 aliphatic heterocycles. The zero-order valence-corrected chi connectivity index (χ0v) is 20.9. The van der Waals surface area contributed by atoms with Crippen LogP contribution in [-0.4, -0.2) is 69.1 Å². The summed E-state index contributed by atoms with van der Waals surface area (Å²) in [6.07, 6.45) is 1.50. The lowest BCUT2D eigenvalue weighted by atomic mass is 10.00. The van der Waals surface area contributed by atoms with Crippen LogP contribution in [0.15, 0.2) is 72.8 Å². The van der Waals surface area contributed by atoms with Crippen molar-refractivity contribution in [3.8, 4) is 11.1 Å². The Kier molecular flexibility index (Phi) is 7.16. The number of amides is 1. The Morgan fingerprint density at radius 2 is 1.57 bits per heavy atom. The number of nitrogens with one attached hydrogen (secondary N) is 1. The van der Waals surface area contributed by atoms with Crippen molar-refractivity contribution in [2.45, 2.75) is 18.9 Å². The van der Waals surface area contributed by atoms with Crippen molar-refractivity contribution in [2.75, 3.05) is 58.3 Å².